The molecule has 0 spiro atoms. The van der Waals surface area contributed by atoms with Gasteiger partial charge >= 0.3 is 0 Å². The first-order chi connectivity index (χ1) is 13.3. The van der Waals surface area contributed by atoms with E-state index >= 15 is 0 Å². The van der Waals surface area contributed by atoms with Gasteiger partial charge in [-0.3, -0.25) is 4.98 Å². The maximum absolute atomic E-state index is 4.56. The molecule has 0 aromatic carbocycles. The highest BCUT2D eigenvalue weighted by atomic mass is 15.3. The third-order valence-electron chi connectivity index (χ3n) is 5.27. The van der Waals surface area contributed by atoms with Crippen molar-refractivity contribution in [3.05, 3.63) is 48.2 Å². The van der Waals surface area contributed by atoms with Gasteiger partial charge in [0.1, 0.15) is 5.82 Å². The smallest absolute Gasteiger partial charge is 0.173 e. The average molecular weight is 362 g/mol. The largest absolute Gasteiger partial charge is 0.368 e. The zero-order valence-corrected chi connectivity index (χ0v) is 15.1. The van der Waals surface area contributed by atoms with E-state index in [1.165, 1.54) is 24.1 Å². The summed E-state index contributed by atoms with van der Waals surface area (Å²) in [6, 6.07) is 4.11. The van der Waals surface area contributed by atoms with Crippen molar-refractivity contribution in [1.82, 2.24) is 29.9 Å². The molecule has 8 nitrogen and oxygen atoms in total. The number of fused-ring (bicyclic) bond motifs is 1. The topological polar surface area (TPSA) is 84.7 Å². The average Bonchev–Trinajstić information content (AvgIpc) is 3.22. The maximum Gasteiger partial charge on any atom is 0.173 e. The molecule has 27 heavy (non-hydrogen) atoms. The van der Waals surface area contributed by atoms with Gasteiger partial charge in [-0.05, 0) is 43.4 Å². The standard InChI is InChI=1S/C19H22N8/c1-2-5-16-15(4-1)8-18(25-24-16)26-12-14(13-26)9-21-17-10-20-11-19(23-17)27-7-3-6-22-27/h3,6-8,10-11,14H,1-2,4-5,9,12-13H2,(H,21,23). The Bertz CT molecular complexity index is 917. The summed E-state index contributed by atoms with van der Waals surface area (Å²) in [5, 5.41) is 16.5. The van der Waals surface area contributed by atoms with Crippen LogP contribution in [0, 0.1) is 5.92 Å². The molecular weight excluding hydrogens is 340 g/mol. The number of nitrogens with zero attached hydrogens (tertiary/aromatic N) is 7. The lowest BCUT2D eigenvalue weighted by Crippen LogP contribution is -2.50. The molecule has 1 saturated heterocycles. The first kappa shape index (κ1) is 16.2. The van der Waals surface area contributed by atoms with Crippen LogP contribution in [0.25, 0.3) is 5.82 Å². The van der Waals surface area contributed by atoms with Gasteiger partial charge in [-0.1, -0.05) is 0 Å². The van der Waals surface area contributed by atoms with Gasteiger partial charge in [0.15, 0.2) is 11.6 Å². The molecule has 0 radical (unpaired) electrons. The van der Waals surface area contributed by atoms with Crippen molar-refractivity contribution >= 4 is 11.6 Å². The highest BCUT2D eigenvalue weighted by Crippen LogP contribution is 2.26. The summed E-state index contributed by atoms with van der Waals surface area (Å²) in [6.07, 6.45) is 11.8. The number of nitrogens with one attached hydrogen (secondary N) is 1. The highest BCUT2D eigenvalue weighted by Gasteiger charge is 2.28. The lowest BCUT2D eigenvalue weighted by atomic mass is 9.95. The molecule has 8 heteroatoms. The van der Waals surface area contributed by atoms with Gasteiger partial charge in [0.25, 0.3) is 0 Å². The molecule has 138 valence electrons. The predicted molar refractivity (Wildman–Crippen MR) is 102 cm³/mol. The zero-order valence-electron chi connectivity index (χ0n) is 15.1. The van der Waals surface area contributed by atoms with Crippen molar-refractivity contribution < 1.29 is 0 Å². The fourth-order valence-electron chi connectivity index (χ4n) is 3.72. The molecule has 2 aliphatic rings. The molecule has 0 saturated carbocycles. The Labute approximate surface area is 157 Å². The van der Waals surface area contributed by atoms with Gasteiger partial charge in [0.2, 0.25) is 0 Å². The molecule has 1 aliphatic heterocycles. The number of hydrogen-bond acceptors (Lipinski definition) is 7. The van der Waals surface area contributed by atoms with Crippen LogP contribution < -0.4 is 10.2 Å². The van der Waals surface area contributed by atoms with E-state index in [4.69, 9.17) is 0 Å². The summed E-state index contributed by atoms with van der Waals surface area (Å²) in [7, 11) is 0. The van der Waals surface area contributed by atoms with E-state index in [0.717, 1.165) is 44.1 Å². The first-order valence-corrected chi connectivity index (χ1v) is 9.51. The Hall–Kier alpha value is -3.03. The summed E-state index contributed by atoms with van der Waals surface area (Å²) in [4.78, 5) is 11.1. The van der Waals surface area contributed by atoms with Crippen molar-refractivity contribution in [2.45, 2.75) is 25.7 Å². The fourth-order valence-corrected chi connectivity index (χ4v) is 3.72. The number of rotatable bonds is 5. The van der Waals surface area contributed by atoms with E-state index in [2.05, 4.69) is 41.5 Å². The lowest BCUT2D eigenvalue weighted by molar-refractivity contribution is 0.424. The monoisotopic (exact) mass is 362 g/mol. The molecule has 5 rings (SSSR count). The second-order valence-electron chi connectivity index (χ2n) is 7.25. The van der Waals surface area contributed by atoms with Crippen molar-refractivity contribution in [2.75, 3.05) is 29.9 Å². The Morgan fingerprint density at radius 2 is 2.00 bits per heavy atom. The number of hydrogen-bond donors (Lipinski definition) is 1. The molecule has 1 aliphatic carbocycles. The molecule has 0 bridgehead atoms. The van der Waals surface area contributed by atoms with Gasteiger partial charge < -0.3 is 10.2 Å². The maximum atomic E-state index is 4.56. The molecule has 1 fully saturated rings. The number of anilines is 2. The van der Waals surface area contributed by atoms with Crippen LogP contribution >= 0.6 is 0 Å². The van der Waals surface area contributed by atoms with Gasteiger partial charge in [-0.25, -0.2) is 9.67 Å². The highest BCUT2D eigenvalue weighted by molar-refractivity contribution is 5.45. The minimum atomic E-state index is 0.568. The number of aromatic nitrogens is 6. The molecule has 3 aromatic heterocycles. The Morgan fingerprint density at radius 3 is 2.89 bits per heavy atom. The second-order valence-corrected chi connectivity index (χ2v) is 7.25. The van der Waals surface area contributed by atoms with Crippen molar-refractivity contribution in [2.24, 2.45) is 5.92 Å². The van der Waals surface area contributed by atoms with Crippen LogP contribution in [0.3, 0.4) is 0 Å². The lowest BCUT2D eigenvalue weighted by Gasteiger charge is -2.40. The van der Waals surface area contributed by atoms with Gasteiger partial charge in [-0.15, -0.1) is 5.10 Å². The summed E-state index contributed by atoms with van der Waals surface area (Å²) in [6.45, 7) is 2.85. The molecule has 1 N–H and O–H groups in total. The number of aryl methyl sites for hydroxylation is 2. The van der Waals surface area contributed by atoms with Crippen molar-refractivity contribution in [3.63, 3.8) is 0 Å². The Balaban J connectivity index is 1.16. The van der Waals surface area contributed by atoms with E-state index in [0.29, 0.717) is 11.7 Å². The van der Waals surface area contributed by atoms with Gasteiger partial charge in [0, 0.05) is 37.9 Å². The van der Waals surface area contributed by atoms with Gasteiger partial charge in [0.05, 0.1) is 18.1 Å². The minimum absolute atomic E-state index is 0.568. The summed E-state index contributed by atoms with van der Waals surface area (Å²) in [5.74, 6) is 3.07. The van der Waals surface area contributed by atoms with Crippen LogP contribution in [0.2, 0.25) is 0 Å². The molecular formula is C19H22N8. The van der Waals surface area contributed by atoms with Crippen molar-refractivity contribution in [1.29, 1.82) is 0 Å². The van der Waals surface area contributed by atoms with Gasteiger partial charge in [-0.2, -0.15) is 10.2 Å². The summed E-state index contributed by atoms with van der Waals surface area (Å²) < 4.78 is 1.71. The first-order valence-electron chi connectivity index (χ1n) is 9.51. The SMILES string of the molecule is c1cnn(-c2cncc(NCC3CN(c4cc5c(nn4)CCCC5)C3)n2)c1. The van der Waals surface area contributed by atoms with Crippen LogP contribution in [-0.4, -0.2) is 49.6 Å². The van der Waals surface area contributed by atoms with E-state index in [-0.39, 0.29) is 0 Å². The molecule has 4 heterocycles. The Kier molecular flexibility index (Phi) is 4.16. The fraction of sp³-hybridized carbons (Fsp3) is 0.421. The van der Waals surface area contributed by atoms with Crippen LogP contribution in [0.1, 0.15) is 24.1 Å². The molecule has 3 aromatic rings. The van der Waals surface area contributed by atoms with Crippen LogP contribution in [0.5, 0.6) is 0 Å². The normalized spacial score (nSPS) is 16.7. The minimum Gasteiger partial charge on any atom is -0.368 e. The third kappa shape index (κ3) is 3.34. The second kappa shape index (κ2) is 6.94. The zero-order chi connectivity index (χ0) is 18.1. The Morgan fingerprint density at radius 1 is 1.07 bits per heavy atom. The third-order valence-corrected chi connectivity index (χ3v) is 5.27. The van der Waals surface area contributed by atoms with Crippen LogP contribution in [-0.2, 0) is 12.8 Å². The van der Waals surface area contributed by atoms with E-state index in [1.54, 1.807) is 23.3 Å². The predicted octanol–water partition coefficient (Wildman–Crippen LogP) is 1.88. The summed E-state index contributed by atoms with van der Waals surface area (Å²) >= 11 is 0. The quantitative estimate of drug-likeness (QED) is 0.742. The molecule has 0 amide bonds. The van der Waals surface area contributed by atoms with E-state index in [1.807, 2.05) is 12.3 Å². The molecule has 0 atom stereocenters. The van der Waals surface area contributed by atoms with Crippen molar-refractivity contribution in [3.8, 4) is 5.82 Å². The van der Waals surface area contributed by atoms with Crippen LogP contribution in [0.4, 0.5) is 11.6 Å². The van der Waals surface area contributed by atoms with E-state index < -0.39 is 0 Å². The van der Waals surface area contributed by atoms with E-state index in [9.17, 15) is 0 Å². The molecule has 0 unspecified atom stereocenters. The van der Waals surface area contributed by atoms with Crippen LogP contribution in [0.15, 0.2) is 36.9 Å². The summed E-state index contributed by atoms with van der Waals surface area (Å²) in [5.41, 5.74) is 2.58.